The maximum atomic E-state index is 12.1. The van der Waals surface area contributed by atoms with Gasteiger partial charge >= 0.3 is 5.97 Å². The molecule has 1 heterocycles. The lowest BCUT2D eigenvalue weighted by molar-refractivity contribution is -0.120. The van der Waals surface area contributed by atoms with Crippen LogP contribution >= 0.6 is 11.3 Å². The van der Waals surface area contributed by atoms with Crippen molar-refractivity contribution >= 4 is 28.2 Å². The highest BCUT2D eigenvalue weighted by Crippen LogP contribution is 2.34. The van der Waals surface area contributed by atoms with Crippen LogP contribution in [0.1, 0.15) is 34.6 Å². The number of hydrogen-bond donors (Lipinski definition) is 2. The van der Waals surface area contributed by atoms with Crippen LogP contribution in [0.25, 0.3) is 0 Å². The molecule has 0 radical (unpaired) electrons. The third kappa shape index (κ3) is 4.80. The van der Waals surface area contributed by atoms with Crippen LogP contribution < -0.4 is 11.1 Å². The van der Waals surface area contributed by atoms with E-state index in [0.29, 0.717) is 36.7 Å². The van der Waals surface area contributed by atoms with Crippen molar-refractivity contribution < 1.29 is 19.1 Å². The van der Waals surface area contributed by atoms with E-state index in [9.17, 15) is 9.59 Å². The summed E-state index contributed by atoms with van der Waals surface area (Å²) >= 11 is 1.37. The number of anilines is 1. The number of nitrogens with one attached hydrogen (secondary N) is 1. The lowest BCUT2D eigenvalue weighted by Gasteiger charge is -2.08. The van der Waals surface area contributed by atoms with Gasteiger partial charge in [0.05, 0.1) is 18.8 Å². The van der Waals surface area contributed by atoms with Crippen molar-refractivity contribution in [3.63, 3.8) is 0 Å². The molecule has 1 amide bonds. The third-order valence-corrected chi connectivity index (χ3v) is 3.85. The van der Waals surface area contributed by atoms with Crippen LogP contribution in [0.5, 0.6) is 0 Å². The van der Waals surface area contributed by atoms with E-state index in [1.807, 2.05) is 13.8 Å². The Morgan fingerprint density at radius 2 is 2.05 bits per heavy atom. The predicted molar refractivity (Wildman–Crippen MR) is 82.9 cm³/mol. The van der Waals surface area contributed by atoms with E-state index in [1.165, 1.54) is 11.3 Å². The summed E-state index contributed by atoms with van der Waals surface area (Å²) in [6.07, 6.45) is 0.704. The second-order valence-electron chi connectivity index (χ2n) is 4.30. The molecule has 0 aromatic carbocycles. The van der Waals surface area contributed by atoms with E-state index in [2.05, 4.69) is 5.32 Å². The smallest absolute Gasteiger partial charge is 0.341 e. The van der Waals surface area contributed by atoms with Crippen LogP contribution in [0.3, 0.4) is 0 Å². The maximum Gasteiger partial charge on any atom is 0.341 e. The minimum Gasteiger partial charge on any atom is -0.462 e. The third-order valence-electron chi connectivity index (χ3n) is 2.79. The zero-order valence-corrected chi connectivity index (χ0v) is 13.5. The van der Waals surface area contributed by atoms with Crippen LogP contribution in [0.15, 0.2) is 0 Å². The van der Waals surface area contributed by atoms with Crippen molar-refractivity contribution in [2.24, 2.45) is 5.73 Å². The number of amides is 1. The summed E-state index contributed by atoms with van der Waals surface area (Å²) in [7, 11) is 0. The van der Waals surface area contributed by atoms with Gasteiger partial charge in [0.1, 0.15) is 11.6 Å². The van der Waals surface area contributed by atoms with Gasteiger partial charge in [0.2, 0.25) is 0 Å². The summed E-state index contributed by atoms with van der Waals surface area (Å²) in [5.74, 6) is -0.713. The van der Waals surface area contributed by atoms with Crippen molar-refractivity contribution in [3.8, 4) is 0 Å². The highest BCUT2D eigenvalue weighted by atomic mass is 32.1. The normalized spacial score (nSPS) is 10.5. The van der Waals surface area contributed by atoms with Crippen LogP contribution in [-0.2, 0) is 20.7 Å². The fourth-order valence-corrected chi connectivity index (χ4v) is 3.07. The molecular formula is C14H22N2O4S. The van der Waals surface area contributed by atoms with Crippen LogP contribution in [0, 0.1) is 6.92 Å². The average molecular weight is 314 g/mol. The van der Waals surface area contributed by atoms with Gasteiger partial charge in [-0.1, -0.05) is 6.92 Å². The van der Waals surface area contributed by atoms with Gasteiger partial charge in [0.25, 0.3) is 5.91 Å². The molecular weight excluding hydrogens is 292 g/mol. The van der Waals surface area contributed by atoms with Crippen molar-refractivity contribution in [1.29, 1.82) is 0 Å². The minimum absolute atomic E-state index is 0.0854. The molecule has 21 heavy (non-hydrogen) atoms. The molecule has 0 unspecified atom stereocenters. The number of carbonyl (C=O) groups is 2. The number of nitrogens with two attached hydrogens (primary N) is 1. The van der Waals surface area contributed by atoms with E-state index in [0.717, 1.165) is 10.4 Å². The van der Waals surface area contributed by atoms with Gasteiger partial charge in [-0.15, -0.1) is 11.3 Å². The zero-order chi connectivity index (χ0) is 15.8. The molecule has 1 aromatic heterocycles. The van der Waals surface area contributed by atoms with E-state index in [1.54, 1.807) is 6.92 Å². The predicted octanol–water partition coefficient (Wildman–Crippen LogP) is 1.71. The van der Waals surface area contributed by atoms with Crippen molar-refractivity contribution in [3.05, 3.63) is 16.0 Å². The Bertz CT molecular complexity index is 499. The molecule has 0 fully saturated rings. The molecule has 0 atom stereocenters. The monoisotopic (exact) mass is 314 g/mol. The van der Waals surface area contributed by atoms with Gasteiger partial charge in [-0.2, -0.15) is 0 Å². The van der Waals surface area contributed by atoms with Crippen LogP contribution in [0.4, 0.5) is 5.00 Å². The molecule has 1 aromatic rings. The minimum atomic E-state index is -0.406. The Kier molecular flexibility index (Phi) is 7.35. The second kappa shape index (κ2) is 8.76. The number of esters is 1. The maximum absolute atomic E-state index is 12.1. The molecule has 1 rings (SSSR count). The summed E-state index contributed by atoms with van der Waals surface area (Å²) < 4.78 is 10.2. The first-order chi connectivity index (χ1) is 10.0. The van der Waals surface area contributed by atoms with E-state index >= 15 is 0 Å². The number of aryl methyl sites for hydroxylation is 1. The molecule has 0 aliphatic rings. The summed E-state index contributed by atoms with van der Waals surface area (Å²) in [5.41, 5.74) is 6.66. The largest absolute Gasteiger partial charge is 0.462 e. The molecule has 7 heteroatoms. The molecule has 118 valence electrons. The van der Waals surface area contributed by atoms with Gasteiger partial charge in [-0.3, -0.25) is 4.79 Å². The van der Waals surface area contributed by atoms with Gasteiger partial charge in [0.15, 0.2) is 0 Å². The first kappa shape index (κ1) is 17.6. The molecule has 0 saturated heterocycles. The Balaban J connectivity index is 2.90. The number of hydrogen-bond acceptors (Lipinski definition) is 6. The Morgan fingerprint density at radius 3 is 2.62 bits per heavy atom. The first-order valence-corrected chi connectivity index (χ1v) is 7.73. The summed E-state index contributed by atoms with van der Waals surface area (Å²) in [6.45, 7) is 6.53. The molecule has 3 N–H and O–H groups in total. The number of thiophene rings is 1. The van der Waals surface area contributed by atoms with E-state index in [4.69, 9.17) is 15.2 Å². The quantitative estimate of drug-likeness (QED) is 0.563. The Labute approximate surface area is 128 Å². The molecule has 0 bridgehead atoms. The molecule has 6 nitrogen and oxygen atoms in total. The Morgan fingerprint density at radius 1 is 1.33 bits per heavy atom. The molecule has 0 aliphatic heterocycles. The van der Waals surface area contributed by atoms with Gasteiger partial charge in [-0.25, -0.2) is 4.79 Å². The van der Waals surface area contributed by atoms with Crippen LogP contribution in [0.2, 0.25) is 0 Å². The standard InChI is InChI=1S/C14H22N2O4S/c1-4-10-9(3)21-13(12(10)14(18)20-5-2)16-11(17)8-19-7-6-15/h4-8,15H2,1-3H3,(H,16,17). The fourth-order valence-electron chi connectivity index (χ4n) is 1.92. The van der Waals surface area contributed by atoms with Gasteiger partial charge < -0.3 is 20.5 Å². The van der Waals surface area contributed by atoms with E-state index in [-0.39, 0.29) is 12.5 Å². The van der Waals surface area contributed by atoms with Gasteiger partial charge in [-0.05, 0) is 25.8 Å². The Hall–Kier alpha value is -1.44. The zero-order valence-electron chi connectivity index (χ0n) is 12.7. The summed E-state index contributed by atoms with van der Waals surface area (Å²) in [5, 5.41) is 3.23. The van der Waals surface area contributed by atoms with Crippen LogP contribution in [-0.4, -0.2) is 38.2 Å². The summed E-state index contributed by atoms with van der Waals surface area (Å²) in [6, 6.07) is 0. The summed E-state index contributed by atoms with van der Waals surface area (Å²) in [4.78, 5) is 24.9. The topological polar surface area (TPSA) is 90.6 Å². The van der Waals surface area contributed by atoms with Gasteiger partial charge in [0, 0.05) is 11.4 Å². The fraction of sp³-hybridized carbons (Fsp3) is 0.571. The highest BCUT2D eigenvalue weighted by Gasteiger charge is 2.23. The highest BCUT2D eigenvalue weighted by molar-refractivity contribution is 7.16. The second-order valence-corrected chi connectivity index (χ2v) is 5.53. The number of carbonyl (C=O) groups excluding carboxylic acids is 2. The van der Waals surface area contributed by atoms with E-state index < -0.39 is 5.97 Å². The lowest BCUT2D eigenvalue weighted by Crippen LogP contribution is -2.21. The number of rotatable bonds is 8. The van der Waals surface area contributed by atoms with Crippen molar-refractivity contribution in [1.82, 2.24) is 0 Å². The average Bonchev–Trinajstić information content (AvgIpc) is 2.74. The molecule has 0 saturated carbocycles. The number of ether oxygens (including phenoxy) is 2. The molecule has 0 aliphatic carbocycles. The first-order valence-electron chi connectivity index (χ1n) is 6.92. The SMILES string of the molecule is CCOC(=O)c1c(NC(=O)COCCN)sc(C)c1CC. The van der Waals surface area contributed by atoms with Crippen molar-refractivity contribution in [2.45, 2.75) is 27.2 Å². The van der Waals surface area contributed by atoms with Crippen molar-refractivity contribution in [2.75, 3.05) is 31.7 Å². The lowest BCUT2D eigenvalue weighted by atomic mass is 10.1. The molecule has 0 spiro atoms.